The Labute approximate surface area is 119 Å². The molecule has 0 radical (unpaired) electrons. The van der Waals surface area contributed by atoms with Gasteiger partial charge in [-0.25, -0.2) is 0 Å². The third-order valence-electron chi connectivity index (χ3n) is 4.77. The van der Waals surface area contributed by atoms with Gasteiger partial charge in [0.05, 0.1) is 0 Å². The quantitative estimate of drug-likeness (QED) is 0.375. The van der Waals surface area contributed by atoms with E-state index in [4.69, 9.17) is 10.9 Å². The van der Waals surface area contributed by atoms with E-state index in [9.17, 15) is 0 Å². The zero-order valence-corrected chi connectivity index (χ0v) is 11.7. The van der Waals surface area contributed by atoms with E-state index in [0.717, 1.165) is 30.6 Å². The van der Waals surface area contributed by atoms with Crippen LogP contribution in [0.5, 0.6) is 0 Å². The van der Waals surface area contributed by atoms with E-state index in [1.165, 1.54) is 32.1 Å². The van der Waals surface area contributed by atoms with E-state index in [2.05, 4.69) is 15.0 Å². The van der Waals surface area contributed by atoms with E-state index < -0.39 is 0 Å². The summed E-state index contributed by atoms with van der Waals surface area (Å²) in [7, 11) is 0. The van der Waals surface area contributed by atoms with Gasteiger partial charge in [-0.05, 0) is 36.8 Å². The Morgan fingerprint density at radius 2 is 2.10 bits per heavy atom. The number of hydrogen-bond donors (Lipinski definition) is 2. The average Bonchev–Trinajstić information content (AvgIpc) is 2.53. The summed E-state index contributed by atoms with van der Waals surface area (Å²) in [6.45, 7) is 2.23. The molecule has 2 unspecified atom stereocenters. The highest BCUT2D eigenvalue weighted by molar-refractivity contribution is 5.95. The van der Waals surface area contributed by atoms with Gasteiger partial charge in [-0.1, -0.05) is 24.4 Å². The van der Waals surface area contributed by atoms with Gasteiger partial charge in [0.25, 0.3) is 0 Å². The lowest BCUT2D eigenvalue weighted by atomic mass is 9.75. The molecular formula is C15H22N4O. The first-order valence-corrected chi connectivity index (χ1v) is 7.47. The van der Waals surface area contributed by atoms with Crippen LogP contribution in [0.2, 0.25) is 0 Å². The minimum atomic E-state index is 0.0689. The van der Waals surface area contributed by atoms with Crippen molar-refractivity contribution in [2.24, 2.45) is 22.7 Å². The highest BCUT2D eigenvalue weighted by Crippen LogP contribution is 2.37. The highest BCUT2D eigenvalue weighted by atomic mass is 16.4. The summed E-state index contributed by atoms with van der Waals surface area (Å²) >= 11 is 0. The van der Waals surface area contributed by atoms with Crippen LogP contribution in [-0.2, 0) is 0 Å². The lowest BCUT2D eigenvalue weighted by Gasteiger charge is -2.42. The van der Waals surface area contributed by atoms with Crippen LogP contribution < -0.4 is 10.6 Å². The largest absolute Gasteiger partial charge is 0.409 e. The minimum absolute atomic E-state index is 0.0689. The molecule has 1 saturated carbocycles. The molecule has 20 heavy (non-hydrogen) atoms. The van der Waals surface area contributed by atoms with Crippen LogP contribution in [0.4, 0.5) is 5.69 Å². The Balaban J connectivity index is 1.76. The van der Waals surface area contributed by atoms with Gasteiger partial charge in [0.1, 0.15) is 5.69 Å². The van der Waals surface area contributed by atoms with Gasteiger partial charge >= 0.3 is 0 Å². The number of nitrogens with zero attached hydrogens (tertiary/aromatic N) is 3. The molecule has 1 saturated heterocycles. The smallest absolute Gasteiger partial charge is 0.188 e. The van der Waals surface area contributed by atoms with Gasteiger partial charge in [-0.15, -0.1) is 0 Å². The number of nitrogens with two attached hydrogens (primary N) is 1. The zero-order valence-electron chi connectivity index (χ0n) is 11.7. The predicted molar refractivity (Wildman–Crippen MR) is 79.0 cm³/mol. The van der Waals surface area contributed by atoms with Gasteiger partial charge in [0, 0.05) is 25.0 Å². The molecule has 0 bridgehead atoms. The number of rotatable bonds is 2. The summed E-state index contributed by atoms with van der Waals surface area (Å²) in [6.07, 6.45) is 8.57. The maximum atomic E-state index is 8.75. The van der Waals surface area contributed by atoms with Crippen LogP contribution in [0.15, 0.2) is 23.5 Å². The zero-order chi connectivity index (χ0) is 13.9. The lowest BCUT2D eigenvalue weighted by Crippen LogP contribution is -2.41. The minimum Gasteiger partial charge on any atom is -0.409 e. The van der Waals surface area contributed by atoms with E-state index >= 15 is 0 Å². The Hall–Kier alpha value is -1.78. The number of piperidine rings is 1. The Morgan fingerprint density at radius 1 is 1.30 bits per heavy atom. The van der Waals surface area contributed by atoms with Crippen LogP contribution in [0.3, 0.4) is 0 Å². The fourth-order valence-electron chi connectivity index (χ4n) is 3.64. The summed E-state index contributed by atoms with van der Waals surface area (Å²) < 4.78 is 0. The summed E-state index contributed by atoms with van der Waals surface area (Å²) in [4.78, 5) is 6.56. The number of amidine groups is 1. The van der Waals surface area contributed by atoms with Crippen LogP contribution >= 0.6 is 0 Å². The third-order valence-corrected chi connectivity index (χ3v) is 4.77. The molecule has 3 rings (SSSR count). The molecule has 5 heteroatoms. The van der Waals surface area contributed by atoms with Gasteiger partial charge in [0.2, 0.25) is 0 Å². The maximum absolute atomic E-state index is 8.75. The molecule has 2 heterocycles. The summed E-state index contributed by atoms with van der Waals surface area (Å²) in [5, 5.41) is 11.8. The first-order chi connectivity index (χ1) is 9.78. The number of pyridine rings is 1. The van der Waals surface area contributed by atoms with Crippen molar-refractivity contribution >= 4 is 11.5 Å². The van der Waals surface area contributed by atoms with Crippen molar-refractivity contribution in [2.75, 3.05) is 18.0 Å². The van der Waals surface area contributed by atoms with E-state index in [1.807, 2.05) is 12.1 Å². The standard InChI is InChI=1S/C15H22N4O/c16-15(18-20)14-9-13(5-7-17-14)19-8-6-11-3-1-2-4-12(11)10-19/h5,7,9,11-12,20H,1-4,6,8,10H2,(H2,16,18). The van der Waals surface area contributed by atoms with E-state index in [1.54, 1.807) is 6.20 Å². The Morgan fingerprint density at radius 3 is 2.90 bits per heavy atom. The fraction of sp³-hybridized carbons (Fsp3) is 0.600. The van der Waals surface area contributed by atoms with Gasteiger partial charge in [-0.2, -0.15) is 0 Å². The number of hydrogen-bond acceptors (Lipinski definition) is 4. The van der Waals surface area contributed by atoms with Gasteiger partial charge < -0.3 is 15.8 Å². The van der Waals surface area contributed by atoms with Crippen LogP contribution in [0, 0.1) is 11.8 Å². The average molecular weight is 274 g/mol. The lowest BCUT2D eigenvalue weighted by molar-refractivity contribution is 0.202. The second kappa shape index (κ2) is 5.69. The molecule has 3 N–H and O–H groups in total. The van der Waals surface area contributed by atoms with Crippen molar-refractivity contribution in [1.82, 2.24) is 4.98 Å². The van der Waals surface area contributed by atoms with Crippen molar-refractivity contribution in [3.05, 3.63) is 24.0 Å². The van der Waals surface area contributed by atoms with Gasteiger partial charge in [0.15, 0.2) is 5.84 Å². The molecule has 1 aromatic rings. The van der Waals surface area contributed by atoms with Gasteiger partial charge in [-0.3, -0.25) is 4.98 Å². The molecule has 5 nitrogen and oxygen atoms in total. The van der Waals surface area contributed by atoms with Crippen molar-refractivity contribution in [3.8, 4) is 0 Å². The summed E-state index contributed by atoms with van der Waals surface area (Å²) in [5.41, 5.74) is 7.29. The monoisotopic (exact) mass is 274 g/mol. The summed E-state index contributed by atoms with van der Waals surface area (Å²) in [6, 6.07) is 3.93. The maximum Gasteiger partial charge on any atom is 0.188 e. The molecule has 2 fully saturated rings. The molecule has 2 aliphatic rings. The number of aromatic nitrogens is 1. The Bertz CT molecular complexity index is 502. The van der Waals surface area contributed by atoms with Crippen LogP contribution in [-0.4, -0.2) is 29.1 Å². The molecule has 0 amide bonds. The molecule has 1 aliphatic heterocycles. The molecular weight excluding hydrogens is 252 g/mol. The predicted octanol–water partition coefficient (Wildman–Crippen LogP) is 2.19. The topological polar surface area (TPSA) is 74.7 Å². The first kappa shape index (κ1) is 13.2. The van der Waals surface area contributed by atoms with Crippen molar-refractivity contribution < 1.29 is 5.21 Å². The second-order valence-corrected chi connectivity index (χ2v) is 5.92. The van der Waals surface area contributed by atoms with Crippen molar-refractivity contribution in [3.63, 3.8) is 0 Å². The molecule has 1 aliphatic carbocycles. The van der Waals surface area contributed by atoms with Crippen molar-refractivity contribution in [2.45, 2.75) is 32.1 Å². The normalized spacial score (nSPS) is 27.2. The van der Waals surface area contributed by atoms with Crippen molar-refractivity contribution in [1.29, 1.82) is 0 Å². The molecule has 0 aromatic carbocycles. The van der Waals surface area contributed by atoms with E-state index in [-0.39, 0.29) is 5.84 Å². The highest BCUT2D eigenvalue weighted by Gasteiger charge is 2.31. The SMILES string of the molecule is NC(=NO)c1cc(N2CCC3CCCCC3C2)ccn1. The summed E-state index contributed by atoms with van der Waals surface area (Å²) in [5.74, 6) is 1.82. The van der Waals surface area contributed by atoms with Crippen LogP contribution in [0.25, 0.3) is 0 Å². The Kier molecular flexibility index (Phi) is 3.76. The fourth-order valence-corrected chi connectivity index (χ4v) is 3.64. The molecule has 108 valence electrons. The number of fused-ring (bicyclic) bond motifs is 1. The third kappa shape index (κ3) is 2.57. The molecule has 1 aromatic heterocycles. The second-order valence-electron chi connectivity index (χ2n) is 5.92. The molecule has 2 atom stereocenters. The molecule has 0 spiro atoms. The number of anilines is 1. The van der Waals surface area contributed by atoms with E-state index in [0.29, 0.717) is 5.69 Å². The number of oxime groups is 1. The van der Waals surface area contributed by atoms with Crippen LogP contribution in [0.1, 0.15) is 37.8 Å². The first-order valence-electron chi connectivity index (χ1n) is 7.47.